The molecular weight excluding hydrogens is 462 g/mol. The molecule has 8 nitrogen and oxygen atoms in total. The van der Waals surface area contributed by atoms with E-state index in [0.29, 0.717) is 52.7 Å². The van der Waals surface area contributed by atoms with Crippen molar-refractivity contribution in [3.05, 3.63) is 24.3 Å². The van der Waals surface area contributed by atoms with Crippen molar-refractivity contribution >= 4 is 17.6 Å². The van der Waals surface area contributed by atoms with Crippen molar-refractivity contribution < 1.29 is 33.3 Å². The first-order valence-electron chi connectivity index (χ1n) is 13.5. The van der Waals surface area contributed by atoms with Crippen LogP contribution < -0.4 is 10.1 Å². The van der Waals surface area contributed by atoms with Crippen LogP contribution in [-0.4, -0.2) is 64.7 Å². The Balaban J connectivity index is 1.79. The summed E-state index contributed by atoms with van der Waals surface area (Å²) >= 11 is 0. The maximum atomic E-state index is 11.7. The third-order valence-electron chi connectivity index (χ3n) is 5.39. The highest BCUT2D eigenvalue weighted by atomic mass is 16.6. The molecule has 0 aliphatic heterocycles. The summed E-state index contributed by atoms with van der Waals surface area (Å²) < 4.78 is 27.1. The molecule has 0 bridgehead atoms. The van der Waals surface area contributed by atoms with E-state index in [0.717, 1.165) is 24.3 Å². The number of hydrogen-bond acceptors (Lipinski definition) is 7. The van der Waals surface area contributed by atoms with Crippen LogP contribution in [-0.2, 0) is 28.5 Å². The summed E-state index contributed by atoms with van der Waals surface area (Å²) in [6, 6.07) is 7.17. The summed E-state index contributed by atoms with van der Waals surface area (Å²) in [5.74, 6) is 0.474. The highest BCUT2D eigenvalue weighted by Gasteiger charge is 2.03. The average molecular weight is 510 g/mol. The molecule has 1 aromatic carbocycles. The smallest absolute Gasteiger partial charge is 0.305 e. The summed E-state index contributed by atoms with van der Waals surface area (Å²) in [5, 5.41) is 2.71. The Labute approximate surface area is 217 Å². The van der Waals surface area contributed by atoms with Crippen LogP contribution in [0.15, 0.2) is 24.3 Å². The molecule has 1 amide bonds. The van der Waals surface area contributed by atoms with Gasteiger partial charge in [-0.3, -0.25) is 9.59 Å². The molecule has 0 saturated heterocycles. The SMILES string of the molecule is CCCCCCCCCCCC(=O)OCCOCCOCCOCCOc1ccc(NC(C)=O)cc1. The zero-order valence-electron chi connectivity index (χ0n) is 22.4. The van der Waals surface area contributed by atoms with Crippen LogP contribution in [0.3, 0.4) is 0 Å². The Morgan fingerprint density at radius 1 is 0.667 bits per heavy atom. The fourth-order valence-corrected chi connectivity index (χ4v) is 3.46. The third-order valence-corrected chi connectivity index (χ3v) is 5.39. The van der Waals surface area contributed by atoms with E-state index in [2.05, 4.69) is 12.2 Å². The topological polar surface area (TPSA) is 92.3 Å². The highest BCUT2D eigenvalue weighted by Crippen LogP contribution is 2.15. The van der Waals surface area contributed by atoms with Gasteiger partial charge in [-0.15, -0.1) is 0 Å². The van der Waals surface area contributed by atoms with E-state index in [4.69, 9.17) is 23.7 Å². The molecule has 0 radical (unpaired) electrons. The minimum atomic E-state index is -0.138. The van der Waals surface area contributed by atoms with Gasteiger partial charge in [0.05, 0.1) is 39.6 Å². The maximum absolute atomic E-state index is 11.7. The quantitative estimate of drug-likeness (QED) is 0.144. The van der Waals surface area contributed by atoms with Gasteiger partial charge in [-0.05, 0) is 30.7 Å². The second kappa shape index (κ2) is 23.3. The first-order valence-corrected chi connectivity index (χ1v) is 13.5. The van der Waals surface area contributed by atoms with Crippen molar-refractivity contribution in [2.75, 3.05) is 58.2 Å². The number of ether oxygens (including phenoxy) is 5. The van der Waals surface area contributed by atoms with E-state index in [1.807, 2.05) is 0 Å². The van der Waals surface area contributed by atoms with Gasteiger partial charge in [0.25, 0.3) is 0 Å². The van der Waals surface area contributed by atoms with Crippen molar-refractivity contribution in [3.8, 4) is 5.75 Å². The lowest BCUT2D eigenvalue weighted by Gasteiger charge is -2.09. The Morgan fingerprint density at radius 2 is 1.17 bits per heavy atom. The molecule has 0 aliphatic carbocycles. The summed E-state index contributed by atoms with van der Waals surface area (Å²) in [5.41, 5.74) is 0.734. The third kappa shape index (κ3) is 20.1. The molecule has 0 aliphatic rings. The lowest BCUT2D eigenvalue weighted by molar-refractivity contribution is -0.145. The number of esters is 1. The van der Waals surface area contributed by atoms with Crippen LogP contribution in [0, 0.1) is 0 Å². The summed E-state index contributed by atoms with van der Waals surface area (Å²) in [6.07, 6.45) is 11.6. The molecule has 1 N–H and O–H groups in total. The van der Waals surface area contributed by atoms with Crippen LogP contribution in [0.1, 0.15) is 78.1 Å². The monoisotopic (exact) mass is 509 g/mol. The molecule has 1 rings (SSSR count). The van der Waals surface area contributed by atoms with Gasteiger partial charge in [0.1, 0.15) is 19.0 Å². The molecule has 8 heteroatoms. The summed E-state index contributed by atoms with van der Waals surface area (Å²) in [6.45, 7) is 7.13. The standard InChI is InChI=1S/C28H47NO7/c1-3-4-5-6-7-8-9-10-11-12-28(31)36-24-22-34-20-18-32-17-19-33-21-23-35-27-15-13-26(14-16-27)29-25(2)30/h13-16H,3-12,17-24H2,1-2H3,(H,29,30). The molecule has 0 fully saturated rings. The fraction of sp³-hybridized carbons (Fsp3) is 0.714. The minimum Gasteiger partial charge on any atom is -0.491 e. The van der Waals surface area contributed by atoms with E-state index in [1.54, 1.807) is 24.3 Å². The van der Waals surface area contributed by atoms with Crippen LogP contribution in [0.4, 0.5) is 5.69 Å². The molecule has 0 unspecified atom stereocenters. The first-order chi connectivity index (χ1) is 17.6. The number of unbranched alkanes of at least 4 members (excludes halogenated alkanes) is 8. The number of amides is 1. The molecular formula is C28H47NO7. The Kier molecular flexibility index (Phi) is 20.6. The van der Waals surface area contributed by atoms with Crippen molar-refractivity contribution in [3.63, 3.8) is 0 Å². The lowest BCUT2D eigenvalue weighted by atomic mass is 10.1. The van der Waals surface area contributed by atoms with E-state index < -0.39 is 0 Å². The van der Waals surface area contributed by atoms with Crippen molar-refractivity contribution in [2.24, 2.45) is 0 Å². The Hall–Kier alpha value is -2.16. The number of anilines is 1. The predicted molar refractivity (Wildman–Crippen MR) is 142 cm³/mol. The molecule has 0 atom stereocenters. The fourth-order valence-electron chi connectivity index (χ4n) is 3.46. The second-order valence-corrected chi connectivity index (χ2v) is 8.69. The van der Waals surface area contributed by atoms with Gasteiger partial charge in [0, 0.05) is 19.0 Å². The number of hydrogen-bond donors (Lipinski definition) is 1. The molecule has 1 aromatic rings. The van der Waals surface area contributed by atoms with Crippen LogP contribution in [0.25, 0.3) is 0 Å². The molecule has 206 valence electrons. The largest absolute Gasteiger partial charge is 0.491 e. The number of carbonyl (C=O) groups is 2. The first kappa shape index (κ1) is 31.9. The molecule has 0 spiro atoms. The van der Waals surface area contributed by atoms with Crippen molar-refractivity contribution in [2.45, 2.75) is 78.1 Å². The van der Waals surface area contributed by atoms with Crippen LogP contribution >= 0.6 is 0 Å². The van der Waals surface area contributed by atoms with Gasteiger partial charge in [0.15, 0.2) is 0 Å². The van der Waals surface area contributed by atoms with Crippen LogP contribution in [0.5, 0.6) is 5.75 Å². The number of carbonyl (C=O) groups excluding carboxylic acids is 2. The number of rotatable bonds is 24. The van der Waals surface area contributed by atoms with Crippen molar-refractivity contribution in [1.29, 1.82) is 0 Å². The van der Waals surface area contributed by atoms with E-state index in [1.165, 1.54) is 51.9 Å². The van der Waals surface area contributed by atoms with E-state index in [9.17, 15) is 9.59 Å². The Morgan fingerprint density at radius 3 is 1.72 bits per heavy atom. The lowest BCUT2D eigenvalue weighted by Crippen LogP contribution is -2.14. The summed E-state index contributed by atoms with van der Waals surface area (Å²) in [4.78, 5) is 22.7. The van der Waals surface area contributed by atoms with E-state index >= 15 is 0 Å². The zero-order valence-corrected chi connectivity index (χ0v) is 22.4. The molecule has 36 heavy (non-hydrogen) atoms. The average Bonchev–Trinajstić information content (AvgIpc) is 2.86. The van der Waals surface area contributed by atoms with Gasteiger partial charge < -0.3 is 29.0 Å². The van der Waals surface area contributed by atoms with Gasteiger partial charge in [-0.1, -0.05) is 58.3 Å². The molecule has 0 aromatic heterocycles. The van der Waals surface area contributed by atoms with Crippen LogP contribution in [0.2, 0.25) is 0 Å². The maximum Gasteiger partial charge on any atom is 0.305 e. The zero-order chi connectivity index (χ0) is 26.1. The highest BCUT2D eigenvalue weighted by molar-refractivity contribution is 5.88. The van der Waals surface area contributed by atoms with Crippen molar-refractivity contribution in [1.82, 2.24) is 0 Å². The van der Waals surface area contributed by atoms with E-state index in [-0.39, 0.29) is 18.5 Å². The summed E-state index contributed by atoms with van der Waals surface area (Å²) in [7, 11) is 0. The van der Waals surface area contributed by atoms with Gasteiger partial charge >= 0.3 is 5.97 Å². The van der Waals surface area contributed by atoms with Gasteiger partial charge in [-0.2, -0.15) is 0 Å². The number of nitrogens with one attached hydrogen (secondary N) is 1. The second-order valence-electron chi connectivity index (χ2n) is 8.69. The minimum absolute atomic E-state index is 0.105. The molecule has 0 heterocycles. The van der Waals surface area contributed by atoms with Gasteiger partial charge in [0.2, 0.25) is 5.91 Å². The molecule has 0 saturated carbocycles. The van der Waals surface area contributed by atoms with Gasteiger partial charge in [-0.25, -0.2) is 0 Å². The number of benzene rings is 1. The predicted octanol–water partition coefficient (Wildman–Crippen LogP) is 5.54. The Bertz CT molecular complexity index is 666. The normalized spacial score (nSPS) is 10.8.